The summed E-state index contributed by atoms with van der Waals surface area (Å²) in [6.07, 6.45) is 0.844. The van der Waals surface area contributed by atoms with Crippen LogP contribution >= 0.6 is 0 Å². The van der Waals surface area contributed by atoms with Crippen LogP contribution in [0.3, 0.4) is 0 Å². The Bertz CT molecular complexity index is 1230. The number of carbonyl (C=O) groups is 3. The first-order valence-corrected chi connectivity index (χ1v) is 14.5. The molecule has 2 N–H and O–H groups in total. The van der Waals surface area contributed by atoms with Crippen LogP contribution in [0.1, 0.15) is 42.9 Å². The zero-order valence-electron chi connectivity index (χ0n) is 24.2. The molecule has 0 saturated carbocycles. The number of hydrogen-bond donors (Lipinski definition) is 1. The van der Waals surface area contributed by atoms with Gasteiger partial charge in [-0.3, -0.25) is 19.3 Å². The average molecular weight is 555 g/mol. The topological polar surface area (TPSA) is 87.0 Å². The van der Waals surface area contributed by atoms with Crippen LogP contribution in [-0.2, 0) is 20.8 Å². The molecular weight excluding hydrogens is 512 g/mol. The Morgan fingerprint density at radius 3 is 1.98 bits per heavy atom. The first-order chi connectivity index (χ1) is 19.8. The second-order valence-electron chi connectivity index (χ2n) is 11.4. The molecular formula is C34H42N4O3. The number of carbonyl (C=O) groups excluding carboxylic acids is 3. The third kappa shape index (κ3) is 8.76. The van der Waals surface area contributed by atoms with Gasteiger partial charge in [-0.15, -0.1) is 0 Å². The van der Waals surface area contributed by atoms with Gasteiger partial charge in [-0.05, 0) is 29.0 Å². The largest absolute Gasteiger partial charge is 0.368 e. The summed E-state index contributed by atoms with van der Waals surface area (Å²) >= 11 is 0. The lowest BCUT2D eigenvalue weighted by atomic mass is 9.89. The van der Waals surface area contributed by atoms with Crippen LogP contribution < -0.4 is 5.73 Å². The van der Waals surface area contributed by atoms with Gasteiger partial charge >= 0.3 is 0 Å². The Morgan fingerprint density at radius 1 is 0.878 bits per heavy atom. The summed E-state index contributed by atoms with van der Waals surface area (Å²) in [7, 11) is 0. The Labute approximate surface area is 243 Å². The summed E-state index contributed by atoms with van der Waals surface area (Å²) < 4.78 is 0. The molecule has 41 heavy (non-hydrogen) atoms. The lowest BCUT2D eigenvalue weighted by molar-refractivity contribution is -0.143. The summed E-state index contributed by atoms with van der Waals surface area (Å²) in [5, 5.41) is 0. The molecule has 3 aromatic rings. The highest BCUT2D eigenvalue weighted by Crippen LogP contribution is 2.28. The molecule has 0 aliphatic carbocycles. The van der Waals surface area contributed by atoms with Crippen molar-refractivity contribution < 1.29 is 14.4 Å². The third-order valence-electron chi connectivity index (χ3n) is 7.67. The molecule has 1 aliphatic heterocycles. The number of primary amides is 1. The minimum atomic E-state index is -0.531. The van der Waals surface area contributed by atoms with Crippen LogP contribution in [-0.4, -0.2) is 77.7 Å². The van der Waals surface area contributed by atoms with Gasteiger partial charge in [0.2, 0.25) is 17.7 Å². The Morgan fingerprint density at radius 2 is 1.44 bits per heavy atom. The lowest BCUT2D eigenvalue weighted by Gasteiger charge is -2.43. The predicted octanol–water partition coefficient (Wildman–Crippen LogP) is 3.93. The van der Waals surface area contributed by atoms with E-state index in [0.717, 1.165) is 5.56 Å². The molecule has 0 radical (unpaired) electrons. The number of rotatable bonds is 13. The highest BCUT2D eigenvalue weighted by Gasteiger charge is 2.36. The summed E-state index contributed by atoms with van der Waals surface area (Å²) in [6, 6.07) is 30.3. The molecule has 1 aliphatic rings. The molecule has 1 saturated heterocycles. The summed E-state index contributed by atoms with van der Waals surface area (Å²) in [5.41, 5.74) is 8.98. The van der Waals surface area contributed by atoms with Gasteiger partial charge in [-0.2, -0.15) is 0 Å². The fourth-order valence-electron chi connectivity index (χ4n) is 5.63. The molecule has 1 heterocycles. The quantitative estimate of drug-likeness (QED) is 0.347. The number of benzene rings is 3. The van der Waals surface area contributed by atoms with Crippen molar-refractivity contribution >= 4 is 17.7 Å². The predicted molar refractivity (Wildman–Crippen MR) is 162 cm³/mol. The molecule has 0 bridgehead atoms. The number of nitrogens with zero attached hydrogens (tertiary/aromatic N) is 3. The number of amides is 3. The van der Waals surface area contributed by atoms with Crippen LogP contribution in [0.4, 0.5) is 0 Å². The van der Waals surface area contributed by atoms with Crippen molar-refractivity contribution in [3.05, 3.63) is 108 Å². The maximum Gasteiger partial charge on any atom is 0.237 e. The highest BCUT2D eigenvalue weighted by molar-refractivity contribution is 5.84. The molecule has 1 fully saturated rings. The normalized spacial score (nSPS) is 15.9. The Balaban J connectivity index is 1.57. The zero-order valence-corrected chi connectivity index (χ0v) is 24.2. The first-order valence-electron chi connectivity index (χ1n) is 14.5. The third-order valence-corrected chi connectivity index (χ3v) is 7.67. The summed E-state index contributed by atoms with van der Waals surface area (Å²) in [4.78, 5) is 44.6. The first kappa shape index (κ1) is 30.0. The van der Waals surface area contributed by atoms with Gasteiger partial charge in [0.15, 0.2) is 0 Å². The molecule has 4 rings (SSSR count). The Kier molecular flexibility index (Phi) is 10.7. The molecule has 0 aromatic heterocycles. The van der Waals surface area contributed by atoms with Crippen molar-refractivity contribution in [2.45, 2.75) is 38.6 Å². The molecule has 1 atom stereocenters. The van der Waals surface area contributed by atoms with Crippen LogP contribution in [0.15, 0.2) is 91.0 Å². The molecule has 1 unspecified atom stereocenters. The van der Waals surface area contributed by atoms with Crippen LogP contribution in [0.5, 0.6) is 0 Å². The van der Waals surface area contributed by atoms with Crippen molar-refractivity contribution in [3.8, 4) is 0 Å². The van der Waals surface area contributed by atoms with Crippen molar-refractivity contribution in [2.75, 3.05) is 39.3 Å². The van der Waals surface area contributed by atoms with Gasteiger partial charge < -0.3 is 15.5 Å². The summed E-state index contributed by atoms with van der Waals surface area (Å²) in [6.45, 7) is 6.46. The molecule has 3 amide bonds. The fraction of sp³-hybridized carbons (Fsp3) is 0.382. The van der Waals surface area contributed by atoms with Gasteiger partial charge in [0.25, 0.3) is 0 Å². The Hall–Kier alpha value is -3.97. The summed E-state index contributed by atoms with van der Waals surface area (Å²) in [5.74, 6) is -0.207. The van der Waals surface area contributed by atoms with E-state index >= 15 is 0 Å². The molecule has 7 heteroatoms. The van der Waals surface area contributed by atoms with Gasteiger partial charge in [0.05, 0.1) is 13.1 Å². The van der Waals surface area contributed by atoms with E-state index in [2.05, 4.69) is 43.0 Å². The number of piperazine rings is 1. The van der Waals surface area contributed by atoms with Crippen LogP contribution in [0.25, 0.3) is 0 Å². The molecule has 216 valence electrons. The maximum absolute atomic E-state index is 13.7. The smallest absolute Gasteiger partial charge is 0.237 e. The van der Waals surface area contributed by atoms with Gasteiger partial charge in [-0.1, -0.05) is 105 Å². The number of hydrogen-bond acceptors (Lipinski definition) is 4. The monoisotopic (exact) mass is 554 g/mol. The lowest BCUT2D eigenvalue weighted by Crippen LogP contribution is -2.58. The molecule has 0 spiro atoms. The van der Waals surface area contributed by atoms with E-state index in [9.17, 15) is 14.4 Å². The van der Waals surface area contributed by atoms with Crippen molar-refractivity contribution in [2.24, 2.45) is 11.7 Å². The average Bonchev–Trinajstić information content (AvgIpc) is 2.97. The van der Waals surface area contributed by atoms with E-state index in [0.29, 0.717) is 38.5 Å². The van der Waals surface area contributed by atoms with Crippen molar-refractivity contribution in [1.82, 2.24) is 14.7 Å². The van der Waals surface area contributed by atoms with E-state index in [1.54, 1.807) is 4.90 Å². The highest BCUT2D eigenvalue weighted by atomic mass is 16.2. The maximum atomic E-state index is 13.7. The fourth-order valence-corrected chi connectivity index (χ4v) is 5.63. The molecule has 7 nitrogen and oxygen atoms in total. The molecule has 3 aromatic carbocycles. The second-order valence-corrected chi connectivity index (χ2v) is 11.4. The minimum Gasteiger partial charge on any atom is -0.368 e. The van der Waals surface area contributed by atoms with Gasteiger partial charge in [0, 0.05) is 44.6 Å². The van der Waals surface area contributed by atoms with E-state index in [4.69, 9.17) is 5.73 Å². The van der Waals surface area contributed by atoms with Gasteiger partial charge in [-0.25, -0.2) is 0 Å². The van der Waals surface area contributed by atoms with Crippen molar-refractivity contribution in [3.63, 3.8) is 0 Å². The van der Waals surface area contributed by atoms with Crippen LogP contribution in [0, 0.1) is 5.92 Å². The van der Waals surface area contributed by atoms with E-state index in [1.807, 2.05) is 71.6 Å². The van der Waals surface area contributed by atoms with E-state index in [-0.39, 0.29) is 43.3 Å². The zero-order chi connectivity index (χ0) is 29.2. The minimum absolute atomic E-state index is 0.0410. The van der Waals surface area contributed by atoms with E-state index in [1.165, 1.54) is 11.1 Å². The van der Waals surface area contributed by atoms with Gasteiger partial charge in [0.1, 0.15) is 0 Å². The van der Waals surface area contributed by atoms with Crippen molar-refractivity contribution in [1.29, 1.82) is 0 Å². The standard InChI is InChI=1S/C34H42N4O3/c1-26(2)21-38-22-30(20-33(40)36(24-32(35)39)19-18-27-12-6-3-7-13-27)37(25-34(38)41)23-31(28-14-8-4-9-15-28)29-16-10-5-11-17-29/h3-17,26,30-31H,18-25H2,1-2H3,(H2,35,39). The van der Waals surface area contributed by atoms with Crippen LogP contribution in [0.2, 0.25) is 0 Å². The SMILES string of the molecule is CC(C)CN1CC(CC(=O)N(CCc2ccccc2)CC(N)=O)N(CC(c2ccccc2)c2ccccc2)CC1=O. The second kappa shape index (κ2) is 14.6. The number of nitrogens with two attached hydrogens (primary N) is 1. The van der Waals surface area contributed by atoms with E-state index < -0.39 is 5.91 Å².